The van der Waals surface area contributed by atoms with Crippen LogP contribution in [0.4, 0.5) is 0 Å². The van der Waals surface area contributed by atoms with Crippen molar-refractivity contribution >= 4 is 0 Å². The molecule has 2 nitrogen and oxygen atoms in total. The molecule has 3 atom stereocenters. The van der Waals surface area contributed by atoms with Crippen LogP contribution in [0, 0.1) is 11.3 Å². The second kappa shape index (κ2) is 9.58. The van der Waals surface area contributed by atoms with Crippen LogP contribution in [0.5, 0.6) is 0 Å². The lowest BCUT2D eigenvalue weighted by Crippen LogP contribution is -2.48. The van der Waals surface area contributed by atoms with Gasteiger partial charge in [0.15, 0.2) is 0 Å². The second-order valence-corrected chi connectivity index (χ2v) is 7.83. The molecular formula is C22H36O2. The average Bonchev–Trinajstić information content (AvgIpc) is 2.62. The van der Waals surface area contributed by atoms with E-state index in [-0.39, 0.29) is 0 Å². The van der Waals surface area contributed by atoms with E-state index < -0.39 is 17.6 Å². The molecule has 0 spiro atoms. The zero-order valence-corrected chi connectivity index (χ0v) is 15.6. The molecule has 0 radical (unpaired) electrons. The quantitative estimate of drug-likeness (QED) is 0.659. The van der Waals surface area contributed by atoms with Crippen LogP contribution in [-0.2, 0) is 6.42 Å². The highest BCUT2D eigenvalue weighted by molar-refractivity contribution is 5.18. The zero-order valence-electron chi connectivity index (χ0n) is 15.6. The maximum absolute atomic E-state index is 11.1. The van der Waals surface area contributed by atoms with E-state index in [0.717, 1.165) is 25.7 Å². The number of hydrogen-bond acceptors (Lipinski definition) is 2. The Morgan fingerprint density at radius 3 is 2.25 bits per heavy atom. The molecule has 1 aliphatic rings. The van der Waals surface area contributed by atoms with Crippen molar-refractivity contribution in [2.75, 3.05) is 0 Å². The second-order valence-electron chi connectivity index (χ2n) is 7.83. The van der Waals surface area contributed by atoms with Gasteiger partial charge in [-0.15, -0.1) is 0 Å². The van der Waals surface area contributed by atoms with Gasteiger partial charge >= 0.3 is 0 Å². The Balaban J connectivity index is 2.30. The van der Waals surface area contributed by atoms with Gasteiger partial charge in [0.25, 0.3) is 0 Å². The minimum absolute atomic E-state index is 0.409. The van der Waals surface area contributed by atoms with Gasteiger partial charge < -0.3 is 10.2 Å². The largest absolute Gasteiger partial charge is 0.392 e. The third-order valence-corrected chi connectivity index (χ3v) is 6.05. The molecule has 1 aliphatic carbocycles. The van der Waals surface area contributed by atoms with E-state index in [9.17, 15) is 10.2 Å². The fraction of sp³-hybridized carbons (Fsp3) is 0.727. The smallest absolute Gasteiger partial charge is 0.0624 e. The summed E-state index contributed by atoms with van der Waals surface area (Å²) < 4.78 is 0. The summed E-state index contributed by atoms with van der Waals surface area (Å²) in [7, 11) is 0. The van der Waals surface area contributed by atoms with Crippen LogP contribution < -0.4 is 0 Å². The Labute approximate surface area is 148 Å². The molecule has 0 saturated heterocycles. The van der Waals surface area contributed by atoms with Gasteiger partial charge in [0.05, 0.1) is 12.2 Å². The van der Waals surface area contributed by atoms with E-state index in [1.165, 1.54) is 37.7 Å². The van der Waals surface area contributed by atoms with Gasteiger partial charge in [-0.25, -0.2) is 0 Å². The SMILES string of the molecule is CCCC(O)C(Cc1ccccc1)(CC1CCCCC1)C(O)CC. The van der Waals surface area contributed by atoms with Crippen molar-refractivity contribution in [2.45, 2.75) is 90.3 Å². The number of aliphatic hydroxyl groups excluding tert-OH is 2. The van der Waals surface area contributed by atoms with Gasteiger partial charge in [0, 0.05) is 5.41 Å². The summed E-state index contributed by atoms with van der Waals surface area (Å²) in [6, 6.07) is 10.4. The highest BCUT2D eigenvalue weighted by Crippen LogP contribution is 2.44. The van der Waals surface area contributed by atoms with Crippen LogP contribution in [0.2, 0.25) is 0 Å². The van der Waals surface area contributed by atoms with Crippen LogP contribution in [0.25, 0.3) is 0 Å². The maximum Gasteiger partial charge on any atom is 0.0624 e. The molecule has 136 valence electrons. The van der Waals surface area contributed by atoms with Crippen LogP contribution in [0.3, 0.4) is 0 Å². The first-order valence-electron chi connectivity index (χ1n) is 10.0. The minimum Gasteiger partial charge on any atom is -0.392 e. The Morgan fingerprint density at radius 1 is 1.00 bits per heavy atom. The van der Waals surface area contributed by atoms with Gasteiger partial charge in [0.2, 0.25) is 0 Å². The van der Waals surface area contributed by atoms with E-state index in [0.29, 0.717) is 12.3 Å². The molecule has 1 saturated carbocycles. The van der Waals surface area contributed by atoms with E-state index in [1.807, 2.05) is 13.0 Å². The molecule has 0 aliphatic heterocycles. The van der Waals surface area contributed by atoms with Gasteiger partial charge in [-0.05, 0) is 37.2 Å². The first-order chi connectivity index (χ1) is 11.6. The molecule has 0 heterocycles. The lowest BCUT2D eigenvalue weighted by Gasteiger charge is -2.45. The first kappa shape index (κ1) is 19.5. The van der Waals surface area contributed by atoms with E-state index in [2.05, 4.69) is 31.2 Å². The van der Waals surface area contributed by atoms with Gasteiger partial charge in [0.1, 0.15) is 0 Å². The number of rotatable bonds is 9. The fourth-order valence-electron chi connectivity index (χ4n) is 4.67. The van der Waals surface area contributed by atoms with Gasteiger partial charge in [-0.1, -0.05) is 82.7 Å². The number of benzene rings is 1. The van der Waals surface area contributed by atoms with Crippen molar-refractivity contribution in [3.05, 3.63) is 35.9 Å². The van der Waals surface area contributed by atoms with E-state index >= 15 is 0 Å². The molecule has 0 amide bonds. The standard InChI is InChI=1S/C22H36O2/c1-3-11-21(24)22(20(23)4-2,16-18-12-7-5-8-13-18)17-19-14-9-6-10-15-19/h5,7-8,12-13,19-21,23-24H,3-4,6,9-11,14-17H2,1-2H3. The highest BCUT2D eigenvalue weighted by Gasteiger charge is 2.44. The monoisotopic (exact) mass is 332 g/mol. The van der Waals surface area contributed by atoms with E-state index in [4.69, 9.17) is 0 Å². The summed E-state index contributed by atoms with van der Waals surface area (Å²) in [5.41, 5.74) is 0.824. The van der Waals surface area contributed by atoms with Crippen molar-refractivity contribution in [3.8, 4) is 0 Å². The van der Waals surface area contributed by atoms with E-state index in [1.54, 1.807) is 0 Å². The Hall–Kier alpha value is -0.860. The average molecular weight is 333 g/mol. The Bertz CT molecular complexity index is 452. The molecule has 2 rings (SSSR count). The van der Waals surface area contributed by atoms with Crippen molar-refractivity contribution in [1.82, 2.24) is 0 Å². The molecule has 1 aromatic rings. The molecule has 1 aromatic carbocycles. The lowest BCUT2D eigenvalue weighted by molar-refractivity contribution is -0.0912. The molecule has 2 heteroatoms. The summed E-state index contributed by atoms with van der Waals surface area (Å²) in [4.78, 5) is 0. The van der Waals surface area contributed by atoms with Crippen molar-refractivity contribution in [2.24, 2.45) is 11.3 Å². The highest BCUT2D eigenvalue weighted by atomic mass is 16.3. The third-order valence-electron chi connectivity index (χ3n) is 6.05. The number of hydrogen-bond donors (Lipinski definition) is 2. The molecule has 1 fully saturated rings. The van der Waals surface area contributed by atoms with Crippen molar-refractivity contribution < 1.29 is 10.2 Å². The predicted octanol–water partition coefficient (Wildman–Crippen LogP) is 5.12. The summed E-state index contributed by atoms with van der Waals surface area (Å²) in [6.07, 6.45) is 9.76. The van der Waals surface area contributed by atoms with Crippen LogP contribution in [0.15, 0.2) is 30.3 Å². The number of aliphatic hydroxyl groups is 2. The molecular weight excluding hydrogens is 296 g/mol. The minimum atomic E-state index is -0.443. The summed E-state index contributed by atoms with van der Waals surface area (Å²) in [5.74, 6) is 0.648. The summed E-state index contributed by atoms with van der Waals surface area (Å²) in [6.45, 7) is 4.17. The molecule has 3 unspecified atom stereocenters. The third kappa shape index (κ3) is 4.83. The molecule has 24 heavy (non-hydrogen) atoms. The van der Waals surface area contributed by atoms with Gasteiger partial charge in [-0.2, -0.15) is 0 Å². The predicted molar refractivity (Wildman–Crippen MR) is 101 cm³/mol. The van der Waals surface area contributed by atoms with Gasteiger partial charge in [-0.3, -0.25) is 0 Å². The fourth-order valence-corrected chi connectivity index (χ4v) is 4.67. The Morgan fingerprint density at radius 2 is 1.67 bits per heavy atom. The van der Waals surface area contributed by atoms with Crippen molar-refractivity contribution in [3.63, 3.8) is 0 Å². The lowest BCUT2D eigenvalue weighted by atomic mass is 9.63. The van der Waals surface area contributed by atoms with Crippen LogP contribution in [-0.4, -0.2) is 22.4 Å². The molecule has 0 aromatic heterocycles. The maximum atomic E-state index is 11.1. The topological polar surface area (TPSA) is 40.5 Å². The normalized spacial score (nSPS) is 21.2. The molecule has 0 bridgehead atoms. The van der Waals surface area contributed by atoms with Crippen LogP contribution in [0.1, 0.15) is 77.2 Å². The first-order valence-corrected chi connectivity index (χ1v) is 10.0. The van der Waals surface area contributed by atoms with Crippen molar-refractivity contribution in [1.29, 1.82) is 0 Å². The summed E-state index contributed by atoms with van der Waals surface area (Å²) >= 11 is 0. The summed E-state index contributed by atoms with van der Waals surface area (Å²) in [5, 5.41) is 22.1. The van der Waals surface area contributed by atoms with Crippen LogP contribution >= 0.6 is 0 Å². The zero-order chi connectivity index (χ0) is 17.4. The Kier molecular flexibility index (Phi) is 7.77. The molecule has 2 N–H and O–H groups in total.